The van der Waals surface area contributed by atoms with Crippen LogP contribution in [-0.4, -0.2) is 4.98 Å². The van der Waals surface area contributed by atoms with Gasteiger partial charge in [0.05, 0.1) is 0 Å². The van der Waals surface area contributed by atoms with Crippen LogP contribution in [0.1, 0.15) is 10.4 Å². The highest BCUT2D eigenvalue weighted by atomic mass is 32.1. The van der Waals surface area contributed by atoms with E-state index in [1.165, 1.54) is 17.4 Å². The number of halogens is 1. The van der Waals surface area contributed by atoms with Gasteiger partial charge in [0.15, 0.2) is 0 Å². The standard InChI is InChI=1S/C11H11FN2S/c1-6-3-4-8(5-9(6)12)11-14-10(13)7(2)15-11/h3-5H,13H2,1-2H3. The number of aryl methyl sites for hydroxylation is 2. The summed E-state index contributed by atoms with van der Waals surface area (Å²) in [5, 5.41) is 0.768. The molecule has 0 aliphatic heterocycles. The number of nitrogens with zero attached hydrogens (tertiary/aromatic N) is 1. The summed E-state index contributed by atoms with van der Waals surface area (Å²) >= 11 is 1.48. The molecule has 0 unspecified atom stereocenters. The molecule has 2 N–H and O–H groups in total. The van der Waals surface area contributed by atoms with Crippen LogP contribution in [0, 0.1) is 19.7 Å². The van der Waals surface area contributed by atoms with Crippen molar-refractivity contribution in [3.63, 3.8) is 0 Å². The first-order chi connectivity index (χ1) is 7.08. The van der Waals surface area contributed by atoms with E-state index in [0.717, 1.165) is 15.4 Å². The van der Waals surface area contributed by atoms with Gasteiger partial charge in [-0.3, -0.25) is 0 Å². The summed E-state index contributed by atoms with van der Waals surface area (Å²) in [6.07, 6.45) is 0. The largest absolute Gasteiger partial charge is 0.383 e. The lowest BCUT2D eigenvalue weighted by Crippen LogP contribution is -1.87. The average molecular weight is 222 g/mol. The Kier molecular flexibility index (Phi) is 2.44. The van der Waals surface area contributed by atoms with Gasteiger partial charge in [0.1, 0.15) is 16.6 Å². The zero-order valence-electron chi connectivity index (χ0n) is 8.54. The van der Waals surface area contributed by atoms with E-state index in [1.54, 1.807) is 13.0 Å². The van der Waals surface area contributed by atoms with Crippen molar-refractivity contribution in [3.8, 4) is 10.6 Å². The molecule has 1 aromatic heterocycles. The second kappa shape index (κ2) is 3.62. The molecule has 2 nitrogen and oxygen atoms in total. The molecule has 0 atom stereocenters. The lowest BCUT2D eigenvalue weighted by Gasteiger charge is -1.98. The Hall–Kier alpha value is -1.42. The van der Waals surface area contributed by atoms with Crippen molar-refractivity contribution in [1.29, 1.82) is 0 Å². The van der Waals surface area contributed by atoms with Crippen LogP contribution in [0.4, 0.5) is 10.2 Å². The van der Waals surface area contributed by atoms with Crippen LogP contribution in [0.3, 0.4) is 0 Å². The van der Waals surface area contributed by atoms with Crippen LogP contribution in [-0.2, 0) is 0 Å². The number of rotatable bonds is 1. The van der Waals surface area contributed by atoms with Crippen LogP contribution in [0.2, 0.25) is 0 Å². The molecule has 0 saturated heterocycles. The average Bonchev–Trinajstić information content (AvgIpc) is 2.52. The van der Waals surface area contributed by atoms with Crippen LogP contribution >= 0.6 is 11.3 Å². The maximum atomic E-state index is 13.3. The topological polar surface area (TPSA) is 38.9 Å². The first kappa shape index (κ1) is 10.1. The molecular formula is C11H11FN2S. The molecule has 78 valence electrons. The Bertz CT molecular complexity index is 486. The first-order valence-electron chi connectivity index (χ1n) is 4.57. The van der Waals surface area contributed by atoms with Crippen LogP contribution in [0.15, 0.2) is 18.2 Å². The van der Waals surface area contributed by atoms with E-state index in [9.17, 15) is 4.39 Å². The molecule has 0 aliphatic rings. The van der Waals surface area contributed by atoms with E-state index in [-0.39, 0.29) is 5.82 Å². The molecule has 2 aromatic rings. The summed E-state index contributed by atoms with van der Waals surface area (Å²) in [5.74, 6) is 0.315. The van der Waals surface area contributed by atoms with E-state index in [4.69, 9.17) is 5.73 Å². The zero-order chi connectivity index (χ0) is 11.0. The maximum absolute atomic E-state index is 13.3. The minimum Gasteiger partial charge on any atom is -0.383 e. The van der Waals surface area contributed by atoms with E-state index in [0.29, 0.717) is 11.4 Å². The molecular weight excluding hydrogens is 211 g/mol. The van der Waals surface area contributed by atoms with E-state index in [1.807, 2.05) is 13.0 Å². The molecule has 0 spiro atoms. The summed E-state index contributed by atoms with van der Waals surface area (Å²) in [6, 6.07) is 5.10. The van der Waals surface area contributed by atoms with Gasteiger partial charge < -0.3 is 5.73 Å². The second-order valence-electron chi connectivity index (χ2n) is 3.42. The molecule has 15 heavy (non-hydrogen) atoms. The summed E-state index contributed by atoms with van der Waals surface area (Å²) in [7, 11) is 0. The molecule has 0 bridgehead atoms. The minimum absolute atomic E-state index is 0.209. The van der Waals surface area contributed by atoms with Gasteiger partial charge in [-0.25, -0.2) is 9.37 Å². The highest BCUT2D eigenvalue weighted by Gasteiger charge is 2.08. The third-order valence-corrected chi connectivity index (χ3v) is 3.29. The zero-order valence-corrected chi connectivity index (χ0v) is 9.36. The fourth-order valence-electron chi connectivity index (χ4n) is 1.26. The normalized spacial score (nSPS) is 10.6. The summed E-state index contributed by atoms with van der Waals surface area (Å²) < 4.78 is 13.3. The van der Waals surface area contributed by atoms with Gasteiger partial charge in [-0.1, -0.05) is 12.1 Å². The van der Waals surface area contributed by atoms with E-state index >= 15 is 0 Å². The third-order valence-electron chi connectivity index (χ3n) is 2.25. The van der Waals surface area contributed by atoms with Crippen LogP contribution in [0.5, 0.6) is 0 Å². The SMILES string of the molecule is Cc1ccc(-c2nc(N)c(C)s2)cc1F. The third kappa shape index (κ3) is 1.85. The highest BCUT2D eigenvalue weighted by molar-refractivity contribution is 7.15. The van der Waals surface area contributed by atoms with Crippen LogP contribution < -0.4 is 5.73 Å². The van der Waals surface area contributed by atoms with Gasteiger partial charge in [0, 0.05) is 10.4 Å². The number of hydrogen-bond acceptors (Lipinski definition) is 3. The van der Waals surface area contributed by atoms with E-state index in [2.05, 4.69) is 4.98 Å². The molecule has 0 aliphatic carbocycles. The van der Waals surface area contributed by atoms with Crippen molar-refractivity contribution in [2.24, 2.45) is 0 Å². The van der Waals surface area contributed by atoms with Crippen molar-refractivity contribution >= 4 is 17.2 Å². The Morgan fingerprint density at radius 1 is 1.33 bits per heavy atom. The first-order valence-corrected chi connectivity index (χ1v) is 5.39. The quantitative estimate of drug-likeness (QED) is 0.805. The summed E-state index contributed by atoms with van der Waals surface area (Å²) in [4.78, 5) is 5.14. The number of benzene rings is 1. The van der Waals surface area contributed by atoms with Gasteiger partial charge in [0.25, 0.3) is 0 Å². The van der Waals surface area contributed by atoms with Gasteiger partial charge in [-0.2, -0.15) is 0 Å². The maximum Gasteiger partial charge on any atom is 0.138 e. The van der Waals surface area contributed by atoms with Crippen molar-refractivity contribution in [1.82, 2.24) is 4.98 Å². The minimum atomic E-state index is -0.209. The van der Waals surface area contributed by atoms with Crippen molar-refractivity contribution in [2.75, 3.05) is 5.73 Å². The molecule has 1 heterocycles. The number of anilines is 1. The van der Waals surface area contributed by atoms with E-state index < -0.39 is 0 Å². The molecule has 0 radical (unpaired) electrons. The van der Waals surface area contributed by atoms with Gasteiger partial charge in [-0.15, -0.1) is 11.3 Å². The summed E-state index contributed by atoms with van der Waals surface area (Å²) in [6.45, 7) is 3.64. The predicted octanol–water partition coefficient (Wildman–Crippen LogP) is 3.15. The Morgan fingerprint density at radius 2 is 2.07 bits per heavy atom. The molecule has 0 saturated carbocycles. The van der Waals surface area contributed by atoms with Gasteiger partial charge in [0.2, 0.25) is 0 Å². The number of nitrogens with two attached hydrogens (primary N) is 1. The number of hydrogen-bond donors (Lipinski definition) is 1. The fourth-order valence-corrected chi connectivity index (χ4v) is 2.09. The Labute approximate surface area is 91.6 Å². The van der Waals surface area contributed by atoms with Gasteiger partial charge in [-0.05, 0) is 25.5 Å². The number of aromatic nitrogens is 1. The van der Waals surface area contributed by atoms with Gasteiger partial charge >= 0.3 is 0 Å². The lowest BCUT2D eigenvalue weighted by atomic mass is 10.1. The Balaban J connectivity index is 2.49. The molecule has 0 fully saturated rings. The van der Waals surface area contributed by atoms with Crippen molar-refractivity contribution in [2.45, 2.75) is 13.8 Å². The van der Waals surface area contributed by atoms with Crippen LogP contribution in [0.25, 0.3) is 10.6 Å². The number of nitrogen functional groups attached to an aromatic ring is 1. The highest BCUT2D eigenvalue weighted by Crippen LogP contribution is 2.29. The Morgan fingerprint density at radius 3 is 2.60 bits per heavy atom. The second-order valence-corrected chi connectivity index (χ2v) is 4.63. The van der Waals surface area contributed by atoms with Crippen molar-refractivity contribution in [3.05, 3.63) is 34.5 Å². The monoisotopic (exact) mass is 222 g/mol. The molecule has 1 aromatic carbocycles. The molecule has 0 amide bonds. The van der Waals surface area contributed by atoms with Crippen molar-refractivity contribution < 1.29 is 4.39 Å². The predicted molar refractivity (Wildman–Crippen MR) is 61.4 cm³/mol. The summed E-state index contributed by atoms with van der Waals surface area (Å²) in [5.41, 5.74) is 7.07. The number of thiazole rings is 1. The molecule has 2 rings (SSSR count). The molecule has 4 heteroatoms. The smallest absolute Gasteiger partial charge is 0.138 e. The lowest BCUT2D eigenvalue weighted by molar-refractivity contribution is 0.619. The fraction of sp³-hybridized carbons (Fsp3) is 0.182.